The Balaban J connectivity index is 0.962. The molecule has 3 heteroatoms. The minimum Gasteiger partial charge on any atom is -0.456 e. The van der Waals surface area contributed by atoms with E-state index in [1.807, 2.05) is 12.1 Å². The molecular formula is C48H30N2O. The van der Waals surface area contributed by atoms with E-state index < -0.39 is 0 Å². The normalized spacial score (nSPS) is 11.9. The molecule has 51 heavy (non-hydrogen) atoms. The lowest BCUT2D eigenvalue weighted by Gasteiger charge is -2.11. The third-order valence-electron chi connectivity index (χ3n) is 10.6. The highest BCUT2D eigenvalue weighted by Gasteiger charge is 2.16. The van der Waals surface area contributed by atoms with Crippen LogP contribution in [0.4, 0.5) is 0 Å². The maximum Gasteiger partial charge on any atom is 0.136 e. The standard InChI is InChI=1S/C48H30N2O/c1-5-13-43-37(9-1)38-10-2-6-14-44(38)50(43)36-26-28-46-42(30-36)39-11-3-7-15-45(39)49(46)35-24-21-32(22-25-35)31-17-19-33(20-18-31)34-23-27-41-40-12-4-8-16-47(40)51-48(41)29-34/h1-30H. The molecule has 0 aliphatic carbocycles. The van der Waals surface area contributed by atoms with Crippen molar-refractivity contribution >= 4 is 65.6 Å². The van der Waals surface area contributed by atoms with E-state index in [9.17, 15) is 0 Å². The minimum absolute atomic E-state index is 0.918. The molecule has 8 aromatic carbocycles. The molecule has 0 saturated heterocycles. The lowest BCUT2D eigenvalue weighted by atomic mass is 9.99. The van der Waals surface area contributed by atoms with Gasteiger partial charge >= 0.3 is 0 Å². The molecule has 3 nitrogen and oxygen atoms in total. The van der Waals surface area contributed by atoms with Crippen LogP contribution in [0.1, 0.15) is 0 Å². The van der Waals surface area contributed by atoms with Crippen molar-refractivity contribution in [2.75, 3.05) is 0 Å². The largest absolute Gasteiger partial charge is 0.456 e. The van der Waals surface area contributed by atoms with Gasteiger partial charge in [0.25, 0.3) is 0 Å². The summed E-state index contributed by atoms with van der Waals surface area (Å²) in [7, 11) is 0. The van der Waals surface area contributed by atoms with Gasteiger partial charge in [-0.2, -0.15) is 0 Å². The van der Waals surface area contributed by atoms with Crippen LogP contribution >= 0.6 is 0 Å². The van der Waals surface area contributed by atoms with Crippen molar-refractivity contribution in [3.8, 4) is 33.6 Å². The molecule has 11 aromatic rings. The van der Waals surface area contributed by atoms with Gasteiger partial charge in [0.15, 0.2) is 0 Å². The molecule has 238 valence electrons. The van der Waals surface area contributed by atoms with Crippen molar-refractivity contribution in [2.24, 2.45) is 0 Å². The van der Waals surface area contributed by atoms with E-state index in [1.165, 1.54) is 66.0 Å². The number of aromatic nitrogens is 2. The number of rotatable bonds is 4. The summed E-state index contributed by atoms with van der Waals surface area (Å²) in [6.07, 6.45) is 0. The first-order valence-corrected chi connectivity index (χ1v) is 17.4. The maximum absolute atomic E-state index is 6.15. The molecule has 0 saturated carbocycles. The Morgan fingerprint density at radius 1 is 0.275 bits per heavy atom. The smallest absolute Gasteiger partial charge is 0.136 e. The molecule has 0 amide bonds. The van der Waals surface area contributed by atoms with Gasteiger partial charge in [-0.3, -0.25) is 0 Å². The Bertz CT molecular complexity index is 3070. The maximum atomic E-state index is 6.15. The molecule has 0 atom stereocenters. The van der Waals surface area contributed by atoms with Crippen LogP contribution in [-0.4, -0.2) is 9.13 Å². The fourth-order valence-corrected chi connectivity index (χ4v) is 8.14. The second kappa shape index (κ2) is 10.8. The Hall–Kier alpha value is -6.84. The van der Waals surface area contributed by atoms with Gasteiger partial charge in [0, 0.05) is 43.7 Å². The number of benzene rings is 8. The molecule has 0 bridgehead atoms. The van der Waals surface area contributed by atoms with Crippen molar-refractivity contribution in [2.45, 2.75) is 0 Å². The van der Waals surface area contributed by atoms with Gasteiger partial charge < -0.3 is 13.6 Å². The molecule has 0 fully saturated rings. The zero-order chi connectivity index (χ0) is 33.5. The van der Waals surface area contributed by atoms with Crippen molar-refractivity contribution in [3.05, 3.63) is 182 Å². The van der Waals surface area contributed by atoms with E-state index in [0.29, 0.717) is 0 Å². The number of furan rings is 1. The van der Waals surface area contributed by atoms with Crippen molar-refractivity contribution < 1.29 is 4.42 Å². The predicted octanol–water partition coefficient (Wildman–Crippen LogP) is 13.1. The SMILES string of the molecule is c1ccc2c(c1)oc1cc(-c3ccc(-c4ccc(-n5c6ccccc6c6cc(-n7c8ccccc8c8ccccc87)ccc65)cc4)cc3)ccc12. The Morgan fingerprint density at radius 3 is 1.35 bits per heavy atom. The van der Waals surface area contributed by atoms with E-state index >= 15 is 0 Å². The van der Waals surface area contributed by atoms with Gasteiger partial charge in [0.2, 0.25) is 0 Å². The van der Waals surface area contributed by atoms with Crippen LogP contribution in [0.2, 0.25) is 0 Å². The summed E-state index contributed by atoms with van der Waals surface area (Å²) in [5, 5.41) is 7.34. The van der Waals surface area contributed by atoms with E-state index in [0.717, 1.165) is 33.2 Å². The van der Waals surface area contributed by atoms with Gasteiger partial charge in [-0.1, -0.05) is 115 Å². The first-order valence-electron chi connectivity index (χ1n) is 17.4. The molecular weight excluding hydrogens is 621 g/mol. The molecule has 0 spiro atoms. The monoisotopic (exact) mass is 650 g/mol. The van der Waals surface area contributed by atoms with E-state index in [4.69, 9.17) is 4.42 Å². The van der Waals surface area contributed by atoms with Crippen molar-refractivity contribution in [1.29, 1.82) is 0 Å². The van der Waals surface area contributed by atoms with Crippen LogP contribution in [0, 0.1) is 0 Å². The van der Waals surface area contributed by atoms with Gasteiger partial charge in [-0.05, 0) is 89.0 Å². The van der Waals surface area contributed by atoms with Crippen LogP contribution in [0.15, 0.2) is 186 Å². The first kappa shape index (κ1) is 28.0. The zero-order valence-corrected chi connectivity index (χ0v) is 27.6. The molecule has 0 unspecified atom stereocenters. The van der Waals surface area contributed by atoms with Crippen LogP contribution in [-0.2, 0) is 0 Å². The topological polar surface area (TPSA) is 23.0 Å². The van der Waals surface area contributed by atoms with Crippen LogP contribution in [0.3, 0.4) is 0 Å². The third-order valence-corrected chi connectivity index (χ3v) is 10.6. The summed E-state index contributed by atoms with van der Waals surface area (Å²) in [5.74, 6) is 0. The van der Waals surface area contributed by atoms with Gasteiger partial charge in [0.05, 0.1) is 22.1 Å². The van der Waals surface area contributed by atoms with Crippen LogP contribution < -0.4 is 0 Å². The lowest BCUT2D eigenvalue weighted by molar-refractivity contribution is 0.669. The van der Waals surface area contributed by atoms with E-state index in [-0.39, 0.29) is 0 Å². The zero-order valence-electron chi connectivity index (χ0n) is 27.6. The number of hydrogen-bond acceptors (Lipinski definition) is 1. The molecule has 3 aromatic heterocycles. The highest BCUT2D eigenvalue weighted by Crippen LogP contribution is 2.38. The van der Waals surface area contributed by atoms with Crippen molar-refractivity contribution in [1.82, 2.24) is 9.13 Å². The van der Waals surface area contributed by atoms with Crippen LogP contribution in [0.5, 0.6) is 0 Å². The second-order valence-electron chi connectivity index (χ2n) is 13.4. The fourth-order valence-electron chi connectivity index (χ4n) is 8.14. The van der Waals surface area contributed by atoms with Gasteiger partial charge in [-0.25, -0.2) is 0 Å². The molecule has 3 heterocycles. The summed E-state index contributed by atoms with van der Waals surface area (Å²) in [5.41, 5.74) is 13.7. The van der Waals surface area contributed by atoms with Crippen molar-refractivity contribution in [3.63, 3.8) is 0 Å². The second-order valence-corrected chi connectivity index (χ2v) is 13.4. The summed E-state index contributed by atoms with van der Waals surface area (Å²) < 4.78 is 10.9. The number of para-hydroxylation sites is 4. The average molecular weight is 651 g/mol. The number of hydrogen-bond donors (Lipinski definition) is 0. The van der Waals surface area contributed by atoms with E-state index in [2.05, 4.69) is 179 Å². The first-order chi connectivity index (χ1) is 25.3. The lowest BCUT2D eigenvalue weighted by Crippen LogP contribution is -1.95. The van der Waals surface area contributed by atoms with Crippen LogP contribution in [0.25, 0.3) is 99.2 Å². The Labute approximate surface area is 293 Å². The van der Waals surface area contributed by atoms with Gasteiger partial charge in [0.1, 0.15) is 11.2 Å². The summed E-state index contributed by atoms with van der Waals surface area (Å²) >= 11 is 0. The molecule has 0 aliphatic heterocycles. The number of nitrogens with zero attached hydrogens (tertiary/aromatic N) is 2. The van der Waals surface area contributed by atoms with Gasteiger partial charge in [-0.15, -0.1) is 0 Å². The highest BCUT2D eigenvalue weighted by molar-refractivity contribution is 6.12. The Kier molecular flexibility index (Phi) is 5.96. The van der Waals surface area contributed by atoms with E-state index in [1.54, 1.807) is 0 Å². The Morgan fingerprint density at radius 2 is 0.706 bits per heavy atom. The fraction of sp³-hybridized carbons (Fsp3) is 0. The highest BCUT2D eigenvalue weighted by atomic mass is 16.3. The molecule has 11 rings (SSSR count). The molecule has 0 radical (unpaired) electrons. The summed E-state index contributed by atoms with van der Waals surface area (Å²) in [4.78, 5) is 0. The molecule has 0 aliphatic rings. The predicted molar refractivity (Wildman–Crippen MR) is 213 cm³/mol. The quantitative estimate of drug-likeness (QED) is 0.186. The summed E-state index contributed by atoms with van der Waals surface area (Å²) in [6.45, 7) is 0. The summed E-state index contributed by atoms with van der Waals surface area (Å²) in [6, 6.07) is 65.5. The molecule has 0 N–H and O–H groups in total. The average Bonchev–Trinajstić information content (AvgIpc) is 3.85. The number of fused-ring (bicyclic) bond motifs is 9. The minimum atomic E-state index is 0.918. The third kappa shape index (κ3) is 4.25.